The van der Waals surface area contributed by atoms with Gasteiger partial charge in [0, 0.05) is 0 Å². The number of aromatic hydroxyl groups is 2. The van der Waals surface area contributed by atoms with Crippen molar-refractivity contribution in [2.24, 2.45) is 0 Å². The Morgan fingerprint density at radius 2 is 0.897 bits per heavy atom. The summed E-state index contributed by atoms with van der Waals surface area (Å²) in [6.07, 6.45) is 1.55. The van der Waals surface area contributed by atoms with Gasteiger partial charge in [-0.2, -0.15) is 0 Å². The van der Waals surface area contributed by atoms with E-state index in [9.17, 15) is 10.2 Å². The Kier molecular flexibility index (Phi) is 5.48. The van der Waals surface area contributed by atoms with Gasteiger partial charge in [0.2, 0.25) is 0 Å². The molecule has 0 aliphatic carbocycles. The Balaban J connectivity index is 1.46. The molecular weight excluding hydrogens is 360 g/mol. The van der Waals surface area contributed by atoms with Gasteiger partial charge in [-0.05, 0) is 83.6 Å². The summed E-state index contributed by atoms with van der Waals surface area (Å²) in [7, 11) is 0. The zero-order chi connectivity index (χ0) is 20.1. The van der Waals surface area contributed by atoms with E-state index in [0.29, 0.717) is 0 Å². The summed E-state index contributed by atoms with van der Waals surface area (Å²) in [4.78, 5) is 0. The fourth-order valence-corrected chi connectivity index (χ4v) is 3.27. The molecule has 0 saturated heterocycles. The molecule has 0 spiro atoms. The average molecular weight is 382 g/mol. The van der Waals surface area contributed by atoms with Crippen molar-refractivity contribution in [1.29, 1.82) is 0 Å². The monoisotopic (exact) mass is 382 g/mol. The van der Waals surface area contributed by atoms with Crippen LogP contribution in [0, 0.1) is 0 Å². The largest absolute Gasteiger partial charge is 0.508 e. The van der Waals surface area contributed by atoms with Crippen molar-refractivity contribution in [3.63, 3.8) is 0 Å². The molecule has 3 nitrogen and oxygen atoms in total. The molecule has 0 bridgehead atoms. The van der Waals surface area contributed by atoms with E-state index in [0.717, 1.165) is 46.6 Å². The molecule has 0 radical (unpaired) electrons. The number of hydrogen-bond donors (Lipinski definition) is 2. The molecule has 0 aromatic heterocycles. The summed E-state index contributed by atoms with van der Waals surface area (Å²) in [6.45, 7) is 0. The van der Waals surface area contributed by atoms with E-state index in [4.69, 9.17) is 4.74 Å². The molecule has 0 aliphatic heterocycles. The second-order valence-corrected chi connectivity index (χ2v) is 7.08. The maximum Gasteiger partial charge on any atom is 0.127 e. The summed E-state index contributed by atoms with van der Waals surface area (Å²) in [6, 6.07) is 30.6. The van der Waals surface area contributed by atoms with Crippen molar-refractivity contribution in [1.82, 2.24) is 0 Å². The lowest BCUT2D eigenvalue weighted by molar-refractivity contribution is 0.474. The lowest BCUT2D eigenvalue weighted by Crippen LogP contribution is -1.92. The third kappa shape index (κ3) is 5.17. The van der Waals surface area contributed by atoms with Gasteiger partial charge in [0.1, 0.15) is 23.0 Å². The first-order valence-corrected chi connectivity index (χ1v) is 9.56. The molecule has 4 aromatic rings. The first-order chi connectivity index (χ1) is 14.1. The molecule has 144 valence electrons. The number of phenolic OH excluding ortho intramolecular Hbond substituents is 2. The van der Waals surface area contributed by atoms with Crippen LogP contribution < -0.4 is 4.74 Å². The minimum atomic E-state index is 0.276. The van der Waals surface area contributed by atoms with E-state index in [1.54, 1.807) is 24.3 Å². The van der Waals surface area contributed by atoms with Crippen molar-refractivity contribution in [3.8, 4) is 23.0 Å². The minimum absolute atomic E-state index is 0.276. The van der Waals surface area contributed by atoms with Gasteiger partial charge in [0.15, 0.2) is 0 Å². The van der Waals surface area contributed by atoms with Crippen molar-refractivity contribution < 1.29 is 14.9 Å². The van der Waals surface area contributed by atoms with Crippen LogP contribution in [0.25, 0.3) is 0 Å². The lowest BCUT2D eigenvalue weighted by atomic mass is 10.0. The Labute approximate surface area is 170 Å². The van der Waals surface area contributed by atoms with Gasteiger partial charge >= 0.3 is 0 Å². The van der Waals surface area contributed by atoms with E-state index in [1.807, 2.05) is 60.7 Å². The van der Waals surface area contributed by atoms with Crippen LogP contribution in [0.15, 0.2) is 97.1 Å². The Bertz CT molecular complexity index is 994. The summed E-state index contributed by atoms with van der Waals surface area (Å²) in [5, 5.41) is 18.9. The highest BCUT2D eigenvalue weighted by atomic mass is 16.5. The van der Waals surface area contributed by atoms with Crippen molar-refractivity contribution >= 4 is 0 Å². The molecular formula is C26H22O3. The van der Waals surface area contributed by atoms with Gasteiger partial charge in [-0.15, -0.1) is 0 Å². The third-order valence-corrected chi connectivity index (χ3v) is 4.72. The van der Waals surface area contributed by atoms with Crippen molar-refractivity contribution in [2.45, 2.75) is 12.8 Å². The molecule has 0 heterocycles. The zero-order valence-corrected chi connectivity index (χ0v) is 16.0. The summed E-state index contributed by atoms with van der Waals surface area (Å²) >= 11 is 0. The van der Waals surface area contributed by atoms with E-state index < -0.39 is 0 Å². The van der Waals surface area contributed by atoms with Crippen LogP contribution in [0.2, 0.25) is 0 Å². The predicted molar refractivity (Wildman–Crippen MR) is 115 cm³/mol. The van der Waals surface area contributed by atoms with Crippen molar-refractivity contribution in [3.05, 3.63) is 119 Å². The topological polar surface area (TPSA) is 49.7 Å². The smallest absolute Gasteiger partial charge is 0.127 e. The van der Waals surface area contributed by atoms with Crippen LogP contribution in [0.3, 0.4) is 0 Å². The van der Waals surface area contributed by atoms with Gasteiger partial charge in [-0.3, -0.25) is 0 Å². The van der Waals surface area contributed by atoms with E-state index in [-0.39, 0.29) is 11.5 Å². The maximum atomic E-state index is 9.43. The number of rotatable bonds is 6. The highest BCUT2D eigenvalue weighted by Crippen LogP contribution is 2.25. The minimum Gasteiger partial charge on any atom is -0.508 e. The molecule has 0 saturated carbocycles. The normalized spacial score (nSPS) is 10.6. The molecule has 0 fully saturated rings. The molecule has 0 aliphatic rings. The van der Waals surface area contributed by atoms with Gasteiger partial charge in [0.25, 0.3) is 0 Å². The Morgan fingerprint density at radius 1 is 0.483 bits per heavy atom. The zero-order valence-electron chi connectivity index (χ0n) is 16.0. The summed E-state index contributed by atoms with van der Waals surface area (Å²) in [5.41, 5.74) is 4.56. The van der Waals surface area contributed by atoms with Gasteiger partial charge < -0.3 is 14.9 Å². The highest BCUT2D eigenvalue weighted by Gasteiger charge is 2.03. The number of ether oxygens (including phenoxy) is 1. The second kappa shape index (κ2) is 8.53. The highest BCUT2D eigenvalue weighted by molar-refractivity contribution is 5.39. The quantitative estimate of drug-likeness (QED) is 0.425. The first kappa shape index (κ1) is 18.6. The molecule has 0 atom stereocenters. The maximum absolute atomic E-state index is 9.43. The molecule has 4 rings (SSSR count). The SMILES string of the molecule is Oc1ccc(Cc2cccc(Oc3cccc(Cc4ccc(O)cc4)c3)c2)cc1. The molecule has 0 amide bonds. The fraction of sp³-hybridized carbons (Fsp3) is 0.0769. The van der Waals surface area contributed by atoms with Crippen LogP contribution in [-0.4, -0.2) is 10.2 Å². The second-order valence-electron chi connectivity index (χ2n) is 7.08. The lowest BCUT2D eigenvalue weighted by Gasteiger charge is -2.10. The standard InChI is InChI=1S/C26H22O3/c27-23-11-7-19(8-12-23)15-21-3-1-5-25(17-21)29-26-6-2-4-22(18-26)16-20-9-13-24(28)14-10-20/h1-14,17-18,27-28H,15-16H2. The van der Waals surface area contributed by atoms with E-state index in [1.165, 1.54) is 0 Å². The molecule has 3 heteroatoms. The number of hydrogen-bond acceptors (Lipinski definition) is 3. The van der Waals surface area contributed by atoms with Crippen LogP contribution >= 0.6 is 0 Å². The van der Waals surface area contributed by atoms with Gasteiger partial charge in [0.05, 0.1) is 0 Å². The first-order valence-electron chi connectivity index (χ1n) is 9.56. The van der Waals surface area contributed by atoms with Crippen LogP contribution in [0.1, 0.15) is 22.3 Å². The van der Waals surface area contributed by atoms with Crippen molar-refractivity contribution in [2.75, 3.05) is 0 Å². The van der Waals surface area contributed by atoms with Crippen LogP contribution in [0.5, 0.6) is 23.0 Å². The molecule has 2 N–H and O–H groups in total. The predicted octanol–water partition coefficient (Wildman–Crippen LogP) is 6.07. The number of benzene rings is 4. The molecule has 4 aromatic carbocycles. The molecule has 0 unspecified atom stereocenters. The molecule has 29 heavy (non-hydrogen) atoms. The Hall–Kier alpha value is -3.72. The van der Waals surface area contributed by atoms with Crippen LogP contribution in [0.4, 0.5) is 0 Å². The van der Waals surface area contributed by atoms with Gasteiger partial charge in [-0.1, -0.05) is 48.5 Å². The van der Waals surface area contributed by atoms with E-state index >= 15 is 0 Å². The van der Waals surface area contributed by atoms with Crippen LogP contribution in [-0.2, 0) is 12.8 Å². The van der Waals surface area contributed by atoms with Gasteiger partial charge in [-0.25, -0.2) is 0 Å². The number of phenols is 2. The summed E-state index contributed by atoms with van der Waals surface area (Å²) < 4.78 is 6.09. The average Bonchev–Trinajstić information content (AvgIpc) is 2.72. The third-order valence-electron chi connectivity index (χ3n) is 4.72. The van der Waals surface area contributed by atoms with E-state index in [2.05, 4.69) is 12.1 Å². The fourth-order valence-electron chi connectivity index (χ4n) is 3.27. The summed E-state index contributed by atoms with van der Waals surface area (Å²) in [5.74, 6) is 2.14. The Morgan fingerprint density at radius 3 is 1.31 bits per heavy atom.